The van der Waals surface area contributed by atoms with E-state index < -0.39 is 0 Å². The molecule has 1 fully saturated rings. The predicted molar refractivity (Wildman–Crippen MR) is 53.6 cm³/mol. The van der Waals surface area contributed by atoms with Crippen molar-refractivity contribution in [2.45, 2.75) is 32.7 Å². The topological polar surface area (TPSA) is 29.9 Å². The molecule has 1 N–H and O–H groups in total. The lowest BCUT2D eigenvalue weighted by atomic mass is 10.0. The van der Waals surface area contributed by atoms with Crippen LogP contribution in [0.1, 0.15) is 26.7 Å². The highest BCUT2D eigenvalue weighted by atomic mass is 15.3. The van der Waals surface area contributed by atoms with E-state index in [0.717, 1.165) is 5.69 Å². The molecule has 1 aliphatic carbocycles. The average molecular weight is 179 g/mol. The Bertz CT molecular complexity index is 299. The van der Waals surface area contributed by atoms with E-state index >= 15 is 0 Å². The highest BCUT2D eigenvalue weighted by Crippen LogP contribution is 2.48. The molecular formula is C10H17N3. The van der Waals surface area contributed by atoms with Gasteiger partial charge in [-0.15, -0.1) is 0 Å². The van der Waals surface area contributed by atoms with Crippen molar-refractivity contribution in [2.24, 2.45) is 12.5 Å². The van der Waals surface area contributed by atoms with E-state index in [0.29, 0.717) is 11.5 Å². The molecule has 1 aromatic heterocycles. The summed E-state index contributed by atoms with van der Waals surface area (Å²) in [5, 5.41) is 7.61. The van der Waals surface area contributed by atoms with Crippen LogP contribution in [0.4, 0.5) is 5.69 Å². The third kappa shape index (κ3) is 1.69. The summed E-state index contributed by atoms with van der Waals surface area (Å²) in [6.07, 6.45) is 6.59. The molecule has 1 atom stereocenters. The highest BCUT2D eigenvalue weighted by molar-refractivity contribution is 5.40. The molecule has 1 heterocycles. The first-order valence-corrected chi connectivity index (χ1v) is 4.85. The molecule has 0 saturated heterocycles. The molecule has 0 bridgehead atoms. The van der Waals surface area contributed by atoms with Crippen molar-refractivity contribution in [3.05, 3.63) is 12.4 Å². The van der Waals surface area contributed by atoms with E-state index in [-0.39, 0.29) is 0 Å². The number of nitrogens with zero attached hydrogens (tertiary/aromatic N) is 2. The maximum Gasteiger partial charge on any atom is 0.0728 e. The Morgan fingerprint density at radius 2 is 2.31 bits per heavy atom. The lowest BCUT2D eigenvalue weighted by Crippen LogP contribution is -2.24. The minimum atomic E-state index is 0.524. The molecule has 13 heavy (non-hydrogen) atoms. The van der Waals surface area contributed by atoms with Crippen LogP contribution in [0.3, 0.4) is 0 Å². The van der Waals surface area contributed by atoms with Gasteiger partial charge in [0, 0.05) is 19.3 Å². The molecule has 3 heteroatoms. The number of anilines is 1. The summed E-state index contributed by atoms with van der Waals surface area (Å²) in [5.74, 6) is 0. The van der Waals surface area contributed by atoms with Gasteiger partial charge in [-0.3, -0.25) is 4.68 Å². The molecule has 1 unspecified atom stereocenters. The number of aromatic nitrogens is 2. The van der Waals surface area contributed by atoms with Crippen molar-refractivity contribution in [3.63, 3.8) is 0 Å². The smallest absolute Gasteiger partial charge is 0.0728 e. The Balaban J connectivity index is 1.98. The van der Waals surface area contributed by atoms with Crippen molar-refractivity contribution in [3.8, 4) is 0 Å². The second-order valence-electron chi connectivity index (χ2n) is 4.42. The van der Waals surface area contributed by atoms with Crippen molar-refractivity contribution in [1.29, 1.82) is 0 Å². The summed E-state index contributed by atoms with van der Waals surface area (Å²) >= 11 is 0. The van der Waals surface area contributed by atoms with Gasteiger partial charge in [-0.05, 0) is 25.2 Å². The second-order valence-corrected chi connectivity index (χ2v) is 4.42. The molecule has 0 amide bonds. The SMILES string of the molecule is CC(Nc1cnn(C)c1)C1(C)CC1. The first kappa shape index (κ1) is 8.60. The number of hydrogen-bond donors (Lipinski definition) is 1. The normalized spacial score (nSPS) is 21.2. The Morgan fingerprint density at radius 1 is 1.62 bits per heavy atom. The zero-order valence-electron chi connectivity index (χ0n) is 8.54. The minimum Gasteiger partial charge on any atom is -0.380 e. The van der Waals surface area contributed by atoms with Gasteiger partial charge in [-0.1, -0.05) is 6.92 Å². The van der Waals surface area contributed by atoms with Crippen LogP contribution >= 0.6 is 0 Å². The Labute approximate surface area is 79.1 Å². The van der Waals surface area contributed by atoms with E-state index in [1.165, 1.54) is 12.8 Å². The third-order valence-corrected chi connectivity index (χ3v) is 3.17. The lowest BCUT2D eigenvalue weighted by Gasteiger charge is -2.20. The monoisotopic (exact) mass is 179 g/mol. The van der Waals surface area contributed by atoms with Crippen molar-refractivity contribution < 1.29 is 0 Å². The first-order valence-electron chi connectivity index (χ1n) is 4.85. The van der Waals surface area contributed by atoms with Gasteiger partial charge in [0.25, 0.3) is 0 Å². The highest BCUT2D eigenvalue weighted by Gasteiger charge is 2.42. The number of rotatable bonds is 3. The molecule has 0 radical (unpaired) electrons. The van der Waals surface area contributed by atoms with Crippen LogP contribution in [-0.4, -0.2) is 15.8 Å². The van der Waals surface area contributed by atoms with Crippen LogP contribution < -0.4 is 5.32 Å². The fraction of sp³-hybridized carbons (Fsp3) is 0.700. The Hall–Kier alpha value is -0.990. The second kappa shape index (κ2) is 2.76. The number of hydrogen-bond acceptors (Lipinski definition) is 2. The molecule has 1 aliphatic rings. The molecule has 1 saturated carbocycles. The first-order chi connectivity index (χ1) is 6.10. The van der Waals surface area contributed by atoms with Crippen LogP contribution in [0, 0.1) is 5.41 Å². The van der Waals surface area contributed by atoms with Gasteiger partial charge in [0.2, 0.25) is 0 Å². The summed E-state index contributed by atoms with van der Waals surface area (Å²) in [6, 6.07) is 0.553. The summed E-state index contributed by atoms with van der Waals surface area (Å²) in [7, 11) is 1.94. The molecule has 72 valence electrons. The van der Waals surface area contributed by atoms with Crippen LogP contribution in [0.25, 0.3) is 0 Å². The fourth-order valence-electron chi connectivity index (χ4n) is 1.55. The van der Waals surface area contributed by atoms with Gasteiger partial charge in [0.15, 0.2) is 0 Å². The molecular weight excluding hydrogens is 162 g/mol. The van der Waals surface area contributed by atoms with Gasteiger partial charge < -0.3 is 5.32 Å². The van der Waals surface area contributed by atoms with Crippen LogP contribution in [0.15, 0.2) is 12.4 Å². The summed E-state index contributed by atoms with van der Waals surface area (Å²) in [6.45, 7) is 4.58. The zero-order valence-corrected chi connectivity index (χ0v) is 8.54. The van der Waals surface area contributed by atoms with E-state index in [4.69, 9.17) is 0 Å². The van der Waals surface area contributed by atoms with Gasteiger partial charge in [0.1, 0.15) is 0 Å². The summed E-state index contributed by atoms with van der Waals surface area (Å²) < 4.78 is 1.82. The van der Waals surface area contributed by atoms with Crippen molar-refractivity contribution in [1.82, 2.24) is 9.78 Å². The van der Waals surface area contributed by atoms with E-state index in [9.17, 15) is 0 Å². The van der Waals surface area contributed by atoms with E-state index in [1.807, 2.05) is 24.1 Å². The number of aryl methyl sites for hydroxylation is 1. The standard InChI is InChI=1S/C10H17N3/c1-8(10(2)4-5-10)12-9-6-11-13(3)7-9/h6-8,12H,4-5H2,1-3H3. The Kier molecular flexibility index (Phi) is 1.82. The van der Waals surface area contributed by atoms with Crippen LogP contribution in [0.2, 0.25) is 0 Å². The molecule has 0 aromatic carbocycles. The molecule has 0 aliphatic heterocycles. The summed E-state index contributed by atoms with van der Waals surface area (Å²) in [4.78, 5) is 0. The van der Waals surface area contributed by atoms with E-state index in [1.54, 1.807) is 0 Å². The maximum atomic E-state index is 4.13. The molecule has 0 spiro atoms. The van der Waals surface area contributed by atoms with Gasteiger partial charge in [0.05, 0.1) is 11.9 Å². The van der Waals surface area contributed by atoms with Gasteiger partial charge >= 0.3 is 0 Å². The van der Waals surface area contributed by atoms with Crippen LogP contribution in [0.5, 0.6) is 0 Å². The third-order valence-electron chi connectivity index (χ3n) is 3.17. The van der Waals surface area contributed by atoms with Gasteiger partial charge in [-0.25, -0.2) is 0 Å². The minimum absolute atomic E-state index is 0.524. The van der Waals surface area contributed by atoms with Crippen LogP contribution in [-0.2, 0) is 7.05 Å². The Morgan fingerprint density at radius 3 is 2.77 bits per heavy atom. The number of nitrogens with one attached hydrogen (secondary N) is 1. The predicted octanol–water partition coefficient (Wildman–Crippen LogP) is 2.02. The molecule has 2 rings (SSSR count). The van der Waals surface area contributed by atoms with Gasteiger partial charge in [-0.2, -0.15) is 5.10 Å². The fourth-order valence-corrected chi connectivity index (χ4v) is 1.55. The maximum absolute atomic E-state index is 4.13. The zero-order chi connectivity index (χ0) is 9.47. The van der Waals surface area contributed by atoms with Crippen molar-refractivity contribution in [2.75, 3.05) is 5.32 Å². The molecule has 3 nitrogen and oxygen atoms in total. The van der Waals surface area contributed by atoms with Crippen molar-refractivity contribution >= 4 is 5.69 Å². The average Bonchev–Trinajstić information content (AvgIpc) is 2.69. The quantitative estimate of drug-likeness (QED) is 0.769. The lowest BCUT2D eigenvalue weighted by molar-refractivity contribution is 0.493. The van der Waals surface area contributed by atoms with E-state index in [2.05, 4.69) is 24.3 Å². The summed E-state index contributed by atoms with van der Waals surface area (Å²) in [5.41, 5.74) is 1.65. The molecule has 1 aromatic rings. The largest absolute Gasteiger partial charge is 0.380 e.